The molecule has 0 aliphatic carbocycles. The number of carboxylic acid groups (broad SMARTS) is 1. The third-order valence-electron chi connectivity index (χ3n) is 5.58. The summed E-state index contributed by atoms with van der Waals surface area (Å²) in [5, 5.41) is 9.96. The van der Waals surface area contributed by atoms with E-state index in [0.717, 1.165) is 25.0 Å². The van der Waals surface area contributed by atoms with E-state index < -0.39 is 29.8 Å². The number of hydrogen-bond donors (Lipinski definition) is 1. The van der Waals surface area contributed by atoms with Crippen molar-refractivity contribution in [3.05, 3.63) is 58.1 Å². The molecule has 0 bridgehead atoms. The van der Waals surface area contributed by atoms with Crippen LogP contribution in [0.1, 0.15) is 48.9 Å². The summed E-state index contributed by atoms with van der Waals surface area (Å²) in [6.07, 6.45) is -2.71. The van der Waals surface area contributed by atoms with Crippen molar-refractivity contribution in [3.63, 3.8) is 0 Å². The van der Waals surface area contributed by atoms with E-state index in [4.69, 9.17) is 21.1 Å². The number of piperidine rings is 1. The van der Waals surface area contributed by atoms with Gasteiger partial charge in [-0.3, -0.25) is 9.69 Å². The van der Waals surface area contributed by atoms with Crippen molar-refractivity contribution in [2.45, 2.75) is 44.4 Å². The van der Waals surface area contributed by atoms with Crippen LogP contribution >= 0.6 is 11.6 Å². The van der Waals surface area contributed by atoms with Gasteiger partial charge in [0.05, 0.1) is 25.3 Å². The number of carbonyl (C=O) groups is 1. The maximum atomic E-state index is 13.5. The summed E-state index contributed by atoms with van der Waals surface area (Å²) in [5.41, 5.74) is -0.0739. The first-order valence-corrected chi connectivity index (χ1v) is 10.7. The lowest BCUT2D eigenvalue weighted by atomic mass is 9.90. The van der Waals surface area contributed by atoms with Gasteiger partial charge in [0.15, 0.2) is 11.5 Å². The molecule has 174 valence electrons. The van der Waals surface area contributed by atoms with Crippen LogP contribution in [0.5, 0.6) is 11.5 Å². The summed E-state index contributed by atoms with van der Waals surface area (Å²) in [5.74, 6) is -0.126. The van der Waals surface area contributed by atoms with E-state index in [9.17, 15) is 23.1 Å². The average Bonchev–Trinajstić information content (AvgIpc) is 2.75. The van der Waals surface area contributed by atoms with Crippen LogP contribution in [0.25, 0.3) is 0 Å². The average molecular weight is 472 g/mol. The van der Waals surface area contributed by atoms with Crippen LogP contribution in [0.15, 0.2) is 36.4 Å². The van der Waals surface area contributed by atoms with E-state index in [1.165, 1.54) is 13.2 Å². The van der Waals surface area contributed by atoms with Crippen LogP contribution in [0.2, 0.25) is 5.02 Å². The first-order chi connectivity index (χ1) is 15.2. The molecule has 0 saturated carbocycles. The summed E-state index contributed by atoms with van der Waals surface area (Å²) in [6, 6.07) is 6.52. The van der Waals surface area contributed by atoms with E-state index in [-0.39, 0.29) is 10.6 Å². The van der Waals surface area contributed by atoms with Gasteiger partial charge in [-0.15, -0.1) is 0 Å². The first kappa shape index (κ1) is 24.2. The lowest BCUT2D eigenvalue weighted by Gasteiger charge is -2.40. The number of methoxy groups -OCH3 is 1. The Balaban J connectivity index is 2.22. The second kappa shape index (κ2) is 10.0. The molecule has 3 rings (SSSR count). The molecule has 1 fully saturated rings. The summed E-state index contributed by atoms with van der Waals surface area (Å²) >= 11 is 6.40. The summed E-state index contributed by atoms with van der Waals surface area (Å²) < 4.78 is 51.4. The summed E-state index contributed by atoms with van der Waals surface area (Å²) in [4.78, 5) is 13.7. The first-order valence-electron chi connectivity index (χ1n) is 10.3. The Bertz CT molecular complexity index is 967. The maximum Gasteiger partial charge on any atom is 0.416 e. The second-order valence-electron chi connectivity index (χ2n) is 7.57. The Hall–Kier alpha value is -2.45. The number of benzene rings is 2. The third-order valence-corrected chi connectivity index (χ3v) is 5.93. The molecular weight excluding hydrogens is 447 g/mol. The molecule has 5 nitrogen and oxygen atoms in total. The van der Waals surface area contributed by atoms with Gasteiger partial charge in [0.25, 0.3) is 0 Å². The fraction of sp³-hybridized carbons (Fsp3) is 0.435. The van der Waals surface area contributed by atoms with E-state index in [2.05, 4.69) is 0 Å². The minimum atomic E-state index is -4.56. The fourth-order valence-corrected chi connectivity index (χ4v) is 4.36. The topological polar surface area (TPSA) is 59.0 Å². The zero-order valence-corrected chi connectivity index (χ0v) is 18.5. The lowest BCUT2D eigenvalue weighted by Crippen LogP contribution is -2.47. The molecule has 1 aliphatic heterocycles. The van der Waals surface area contributed by atoms with Crippen molar-refractivity contribution in [2.75, 3.05) is 20.3 Å². The predicted octanol–water partition coefficient (Wildman–Crippen LogP) is 5.79. The Morgan fingerprint density at radius 1 is 1.22 bits per heavy atom. The number of rotatable bonds is 7. The number of hydrogen-bond acceptors (Lipinski definition) is 4. The minimum Gasteiger partial charge on any atom is -0.493 e. The van der Waals surface area contributed by atoms with E-state index in [0.29, 0.717) is 36.6 Å². The smallest absolute Gasteiger partial charge is 0.416 e. The number of carboxylic acids is 1. The molecule has 2 aromatic carbocycles. The molecule has 2 unspecified atom stereocenters. The van der Waals surface area contributed by atoms with Crippen molar-refractivity contribution in [1.82, 2.24) is 4.90 Å². The standard InChI is InChI=1S/C23H25ClF3NO4/c1-3-32-20-12-14(7-10-19(20)31-2)21(28-11-5-4-6-18(28)22(29)30)16-13-15(23(25,26)27)8-9-17(16)24/h7-10,12-13,18,21H,3-6,11H2,1-2H3,(H,29,30). The van der Waals surface area contributed by atoms with E-state index in [1.54, 1.807) is 30.0 Å². The Morgan fingerprint density at radius 3 is 2.59 bits per heavy atom. The molecule has 0 radical (unpaired) electrons. The van der Waals surface area contributed by atoms with Crippen molar-refractivity contribution < 1.29 is 32.5 Å². The number of nitrogens with zero attached hydrogens (tertiary/aromatic N) is 1. The van der Waals surface area contributed by atoms with Crippen molar-refractivity contribution in [2.24, 2.45) is 0 Å². The molecule has 32 heavy (non-hydrogen) atoms. The maximum absolute atomic E-state index is 13.5. The highest BCUT2D eigenvalue weighted by Gasteiger charge is 2.38. The molecule has 0 amide bonds. The number of alkyl halides is 3. The van der Waals surface area contributed by atoms with Crippen LogP contribution in [0, 0.1) is 0 Å². The van der Waals surface area contributed by atoms with Gasteiger partial charge in [-0.05, 0) is 67.8 Å². The molecule has 1 N–H and O–H groups in total. The van der Waals surface area contributed by atoms with Crippen molar-refractivity contribution >= 4 is 17.6 Å². The number of halogens is 4. The highest BCUT2D eigenvalue weighted by Crippen LogP contribution is 2.42. The fourth-order valence-electron chi connectivity index (χ4n) is 4.14. The number of aliphatic carboxylic acids is 1. The molecule has 9 heteroatoms. The lowest BCUT2D eigenvalue weighted by molar-refractivity contribution is -0.145. The molecular formula is C23H25ClF3NO4. The van der Waals surface area contributed by atoms with Crippen LogP contribution < -0.4 is 9.47 Å². The van der Waals surface area contributed by atoms with Gasteiger partial charge in [0.1, 0.15) is 6.04 Å². The molecule has 1 aliphatic rings. The van der Waals surface area contributed by atoms with E-state index >= 15 is 0 Å². The van der Waals surface area contributed by atoms with Gasteiger partial charge < -0.3 is 14.6 Å². The minimum absolute atomic E-state index is 0.131. The Morgan fingerprint density at radius 2 is 1.97 bits per heavy atom. The molecule has 1 saturated heterocycles. The van der Waals surface area contributed by atoms with Gasteiger partial charge in [0, 0.05) is 5.02 Å². The summed E-state index contributed by atoms with van der Waals surface area (Å²) in [7, 11) is 1.49. The largest absolute Gasteiger partial charge is 0.493 e. The van der Waals surface area contributed by atoms with Crippen LogP contribution in [0.3, 0.4) is 0 Å². The zero-order valence-electron chi connectivity index (χ0n) is 17.8. The SMILES string of the molecule is CCOc1cc(C(c2cc(C(F)(F)F)ccc2Cl)N2CCCCC2C(=O)O)ccc1OC. The zero-order chi connectivity index (χ0) is 23.5. The Kier molecular flexibility index (Phi) is 7.56. The molecule has 0 aromatic heterocycles. The number of ether oxygens (including phenoxy) is 2. The van der Waals surface area contributed by atoms with Crippen molar-refractivity contribution in [1.29, 1.82) is 0 Å². The monoisotopic (exact) mass is 471 g/mol. The number of likely N-dealkylation sites (tertiary alicyclic amines) is 1. The molecule has 2 aromatic rings. The highest BCUT2D eigenvalue weighted by atomic mass is 35.5. The molecule has 1 heterocycles. The van der Waals surface area contributed by atoms with Gasteiger partial charge in [-0.1, -0.05) is 24.1 Å². The van der Waals surface area contributed by atoms with Crippen molar-refractivity contribution in [3.8, 4) is 11.5 Å². The van der Waals surface area contributed by atoms with Gasteiger partial charge in [-0.2, -0.15) is 13.2 Å². The summed E-state index contributed by atoms with van der Waals surface area (Å²) in [6.45, 7) is 2.57. The highest BCUT2D eigenvalue weighted by molar-refractivity contribution is 6.31. The normalized spacial score (nSPS) is 18.2. The molecule has 0 spiro atoms. The van der Waals surface area contributed by atoms with Gasteiger partial charge in [-0.25, -0.2) is 0 Å². The third kappa shape index (κ3) is 5.13. The van der Waals surface area contributed by atoms with E-state index in [1.807, 2.05) is 0 Å². The van der Waals surface area contributed by atoms with Crippen LogP contribution in [-0.2, 0) is 11.0 Å². The van der Waals surface area contributed by atoms with Crippen LogP contribution in [0.4, 0.5) is 13.2 Å². The van der Waals surface area contributed by atoms with Gasteiger partial charge in [0.2, 0.25) is 0 Å². The quantitative estimate of drug-likeness (QED) is 0.553. The second-order valence-corrected chi connectivity index (χ2v) is 7.97. The Labute approximate surface area is 189 Å². The predicted molar refractivity (Wildman–Crippen MR) is 114 cm³/mol. The van der Waals surface area contributed by atoms with Crippen LogP contribution in [-0.4, -0.2) is 42.3 Å². The van der Waals surface area contributed by atoms with Gasteiger partial charge >= 0.3 is 12.1 Å². The molecule has 2 atom stereocenters.